The van der Waals surface area contributed by atoms with Crippen molar-refractivity contribution in [1.82, 2.24) is 15.0 Å². The zero-order chi connectivity index (χ0) is 13.0. The normalized spacial score (nSPS) is 11.8. The molecule has 18 heavy (non-hydrogen) atoms. The van der Waals surface area contributed by atoms with E-state index in [9.17, 15) is 0 Å². The van der Waals surface area contributed by atoms with Gasteiger partial charge in [0.05, 0.1) is 6.04 Å². The van der Waals surface area contributed by atoms with Gasteiger partial charge in [-0.05, 0) is 19.4 Å². The molecule has 1 N–H and O–H groups in total. The van der Waals surface area contributed by atoms with Crippen molar-refractivity contribution in [3.8, 4) is 6.07 Å². The van der Waals surface area contributed by atoms with E-state index in [0.29, 0.717) is 11.6 Å². The number of nitrogens with one attached hydrogen (secondary N) is 1. The SMILES string of the molecule is CCc1cnc(C(C)Nc2nccc(C#N)n2)s1. The number of rotatable bonds is 4. The average Bonchev–Trinajstić information content (AvgIpc) is 2.88. The zero-order valence-electron chi connectivity index (χ0n) is 10.2. The van der Waals surface area contributed by atoms with Gasteiger partial charge in [-0.2, -0.15) is 5.26 Å². The van der Waals surface area contributed by atoms with Gasteiger partial charge in [-0.15, -0.1) is 11.3 Å². The molecule has 0 fully saturated rings. The molecule has 92 valence electrons. The predicted octanol–water partition coefficient (Wildman–Crippen LogP) is 2.54. The number of thiazole rings is 1. The van der Waals surface area contributed by atoms with Crippen LogP contribution in [0.5, 0.6) is 0 Å². The molecular weight excluding hydrogens is 246 g/mol. The number of aromatic nitrogens is 3. The van der Waals surface area contributed by atoms with Crippen LogP contribution in [-0.4, -0.2) is 15.0 Å². The smallest absolute Gasteiger partial charge is 0.224 e. The van der Waals surface area contributed by atoms with Gasteiger partial charge >= 0.3 is 0 Å². The number of hydrogen-bond donors (Lipinski definition) is 1. The summed E-state index contributed by atoms with van der Waals surface area (Å²) in [5, 5.41) is 12.9. The van der Waals surface area contributed by atoms with Crippen molar-refractivity contribution in [3.63, 3.8) is 0 Å². The highest BCUT2D eigenvalue weighted by molar-refractivity contribution is 7.11. The first-order chi connectivity index (χ1) is 8.72. The van der Waals surface area contributed by atoms with Gasteiger partial charge in [0.15, 0.2) is 0 Å². The fourth-order valence-electron chi connectivity index (χ4n) is 1.43. The Balaban J connectivity index is 2.11. The van der Waals surface area contributed by atoms with E-state index in [0.717, 1.165) is 11.4 Å². The molecule has 0 aliphatic carbocycles. The summed E-state index contributed by atoms with van der Waals surface area (Å²) in [7, 11) is 0. The largest absolute Gasteiger partial charge is 0.345 e. The first-order valence-corrected chi connectivity index (χ1v) is 6.49. The summed E-state index contributed by atoms with van der Waals surface area (Å²) < 4.78 is 0. The van der Waals surface area contributed by atoms with Gasteiger partial charge in [0.2, 0.25) is 5.95 Å². The summed E-state index contributed by atoms with van der Waals surface area (Å²) in [4.78, 5) is 13.8. The van der Waals surface area contributed by atoms with Crippen molar-refractivity contribution in [2.75, 3.05) is 5.32 Å². The molecule has 0 spiro atoms. The first-order valence-electron chi connectivity index (χ1n) is 5.67. The number of nitriles is 1. The number of aryl methyl sites for hydroxylation is 1. The topological polar surface area (TPSA) is 74.5 Å². The van der Waals surface area contributed by atoms with E-state index in [1.807, 2.05) is 19.2 Å². The molecule has 6 heteroatoms. The molecule has 0 aliphatic heterocycles. The first kappa shape index (κ1) is 12.5. The van der Waals surface area contributed by atoms with Gasteiger partial charge in [0, 0.05) is 17.3 Å². The van der Waals surface area contributed by atoms with Crippen LogP contribution in [0.15, 0.2) is 18.5 Å². The standard InChI is InChI=1S/C12H13N5S/c1-3-10-7-15-11(18-10)8(2)16-12-14-5-4-9(6-13)17-12/h4-5,7-8H,3H2,1-2H3,(H,14,16,17). The Bertz CT molecular complexity index is 572. The number of hydrogen-bond acceptors (Lipinski definition) is 6. The van der Waals surface area contributed by atoms with E-state index < -0.39 is 0 Å². The number of anilines is 1. The lowest BCUT2D eigenvalue weighted by atomic mass is 10.3. The second-order valence-electron chi connectivity index (χ2n) is 3.76. The summed E-state index contributed by atoms with van der Waals surface area (Å²) >= 11 is 1.68. The fourth-order valence-corrected chi connectivity index (χ4v) is 2.29. The van der Waals surface area contributed by atoms with E-state index in [2.05, 4.69) is 27.2 Å². The van der Waals surface area contributed by atoms with Crippen LogP contribution in [0.3, 0.4) is 0 Å². The van der Waals surface area contributed by atoms with Crippen LogP contribution in [0, 0.1) is 11.3 Å². The monoisotopic (exact) mass is 259 g/mol. The minimum Gasteiger partial charge on any atom is -0.345 e. The Labute approximate surface area is 110 Å². The van der Waals surface area contributed by atoms with Crippen LogP contribution in [0.2, 0.25) is 0 Å². The second kappa shape index (κ2) is 5.56. The van der Waals surface area contributed by atoms with Crippen LogP contribution < -0.4 is 5.32 Å². The highest BCUT2D eigenvalue weighted by Crippen LogP contribution is 2.22. The minimum absolute atomic E-state index is 0.0317. The Morgan fingerprint density at radius 2 is 2.33 bits per heavy atom. The molecule has 0 radical (unpaired) electrons. The molecule has 0 aliphatic rings. The van der Waals surface area contributed by atoms with Gasteiger partial charge in [0.1, 0.15) is 16.8 Å². The molecule has 2 aromatic rings. The molecule has 5 nitrogen and oxygen atoms in total. The lowest BCUT2D eigenvalue weighted by Crippen LogP contribution is -2.09. The predicted molar refractivity (Wildman–Crippen MR) is 70.3 cm³/mol. The van der Waals surface area contributed by atoms with E-state index in [-0.39, 0.29) is 6.04 Å². The van der Waals surface area contributed by atoms with Crippen molar-refractivity contribution in [2.24, 2.45) is 0 Å². The highest BCUT2D eigenvalue weighted by Gasteiger charge is 2.11. The molecule has 0 amide bonds. The van der Waals surface area contributed by atoms with E-state index in [4.69, 9.17) is 5.26 Å². The van der Waals surface area contributed by atoms with Crippen LogP contribution in [0.4, 0.5) is 5.95 Å². The average molecular weight is 259 g/mol. The van der Waals surface area contributed by atoms with Crippen LogP contribution >= 0.6 is 11.3 Å². The third kappa shape index (κ3) is 2.81. The Morgan fingerprint density at radius 3 is 3.00 bits per heavy atom. The third-order valence-electron chi connectivity index (χ3n) is 2.41. The molecule has 0 saturated carbocycles. The molecular formula is C12H13N5S. The lowest BCUT2D eigenvalue weighted by molar-refractivity contribution is 0.847. The molecule has 2 rings (SSSR count). The molecule has 1 atom stereocenters. The van der Waals surface area contributed by atoms with Gasteiger partial charge in [0.25, 0.3) is 0 Å². The summed E-state index contributed by atoms with van der Waals surface area (Å²) in [5.74, 6) is 0.454. The molecule has 2 aromatic heterocycles. The zero-order valence-corrected chi connectivity index (χ0v) is 11.0. The summed E-state index contributed by atoms with van der Waals surface area (Å²) in [6, 6.07) is 3.60. The summed E-state index contributed by atoms with van der Waals surface area (Å²) in [6.07, 6.45) is 4.45. The molecule has 0 bridgehead atoms. The van der Waals surface area contributed by atoms with Crippen LogP contribution in [0.1, 0.15) is 35.5 Å². The van der Waals surface area contributed by atoms with Crippen molar-refractivity contribution in [2.45, 2.75) is 26.3 Å². The summed E-state index contributed by atoms with van der Waals surface area (Å²) in [5.41, 5.74) is 0.355. The fraction of sp³-hybridized carbons (Fsp3) is 0.333. The van der Waals surface area contributed by atoms with E-state index in [1.54, 1.807) is 23.6 Å². The van der Waals surface area contributed by atoms with Crippen molar-refractivity contribution in [1.29, 1.82) is 5.26 Å². The Hall–Kier alpha value is -2.00. The van der Waals surface area contributed by atoms with Crippen LogP contribution in [-0.2, 0) is 6.42 Å². The second-order valence-corrected chi connectivity index (χ2v) is 4.91. The molecule has 0 saturated heterocycles. The Morgan fingerprint density at radius 1 is 1.50 bits per heavy atom. The third-order valence-corrected chi connectivity index (χ3v) is 3.73. The maximum atomic E-state index is 8.77. The van der Waals surface area contributed by atoms with Crippen molar-refractivity contribution < 1.29 is 0 Å². The van der Waals surface area contributed by atoms with Gasteiger partial charge in [-0.3, -0.25) is 0 Å². The molecule has 1 unspecified atom stereocenters. The Kier molecular flexibility index (Phi) is 3.85. The van der Waals surface area contributed by atoms with Crippen molar-refractivity contribution in [3.05, 3.63) is 34.0 Å². The van der Waals surface area contributed by atoms with Gasteiger partial charge < -0.3 is 5.32 Å². The van der Waals surface area contributed by atoms with Gasteiger partial charge in [-0.25, -0.2) is 15.0 Å². The van der Waals surface area contributed by atoms with Crippen LogP contribution in [0.25, 0.3) is 0 Å². The molecule has 0 aromatic carbocycles. The lowest BCUT2D eigenvalue weighted by Gasteiger charge is -2.10. The van der Waals surface area contributed by atoms with Gasteiger partial charge in [-0.1, -0.05) is 6.92 Å². The van der Waals surface area contributed by atoms with E-state index >= 15 is 0 Å². The quantitative estimate of drug-likeness (QED) is 0.913. The molecule has 2 heterocycles. The summed E-state index contributed by atoms with van der Waals surface area (Å²) in [6.45, 7) is 4.11. The highest BCUT2D eigenvalue weighted by atomic mass is 32.1. The number of nitrogens with zero attached hydrogens (tertiary/aromatic N) is 4. The maximum absolute atomic E-state index is 8.77. The maximum Gasteiger partial charge on any atom is 0.224 e. The van der Waals surface area contributed by atoms with Crippen molar-refractivity contribution >= 4 is 17.3 Å². The van der Waals surface area contributed by atoms with E-state index in [1.165, 1.54) is 4.88 Å². The minimum atomic E-state index is 0.0317.